The summed E-state index contributed by atoms with van der Waals surface area (Å²) in [7, 11) is 2.06. The van der Waals surface area contributed by atoms with Gasteiger partial charge in [-0.15, -0.1) is 0 Å². The molecule has 2 rings (SSSR count). The van der Waals surface area contributed by atoms with Gasteiger partial charge in [0, 0.05) is 24.8 Å². The van der Waals surface area contributed by atoms with Crippen LogP contribution in [0.3, 0.4) is 0 Å². The maximum absolute atomic E-state index is 10.6. The van der Waals surface area contributed by atoms with Gasteiger partial charge < -0.3 is 10.2 Å². The molecule has 0 bridgehead atoms. The maximum Gasteiger partial charge on any atom is 0.274 e. The van der Waals surface area contributed by atoms with Crippen molar-refractivity contribution in [2.45, 2.75) is 12.5 Å². The van der Waals surface area contributed by atoms with E-state index in [1.165, 1.54) is 18.3 Å². The van der Waals surface area contributed by atoms with Crippen molar-refractivity contribution in [2.75, 3.05) is 25.5 Å². The Morgan fingerprint density at radius 3 is 3.12 bits per heavy atom. The Morgan fingerprint density at radius 1 is 1.69 bits per heavy atom. The minimum atomic E-state index is -0.409. The van der Waals surface area contributed by atoms with Crippen molar-refractivity contribution in [1.82, 2.24) is 9.88 Å². The van der Waals surface area contributed by atoms with Gasteiger partial charge in [0.25, 0.3) is 5.69 Å². The Kier molecular flexibility index (Phi) is 3.00. The fourth-order valence-electron chi connectivity index (χ4n) is 1.87. The van der Waals surface area contributed by atoms with Gasteiger partial charge in [0.15, 0.2) is 0 Å². The molecule has 0 aromatic carbocycles. The van der Waals surface area contributed by atoms with Crippen LogP contribution in [0.5, 0.6) is 0 Å². The number of anilines is 1. The molecule has 1 fully saturated rings. The van der Waals surface area contributed by atoms with E-state index in [4.69, 9.17) is 0 Å². The van der Waals surface area contributed by atoms with Crippen LogP contribution in [0.2, 0.25) is 0 Å². The molecule has 1 aromatic rings. The highest BCUT2D eigenvalue weighted by Crippen LogP contribution is 2.17. The Labute approximate surface area is 93.4 Å². The highest BCUT2D eigenvalue weighted by Gasteiger charge is 2.19. The lowest BCUT2D eigenvalue weighted by molar-refractivity contribution is -0.384. The van der Waals surface area contributed by atoms with Gasteiger partial charge in [0.1, 0.15) is 5.82 Å². The van der Waals surface area contributed by atoms with E-state index >= 15 is 0 Å². The second-order valence-electron chi connectivity index (χ2n) is 4.05. The largest absolute Gasteiger partial charge is 0.366 e. The predicted molar refractivity (Wildman–Crippen MR) is 60.4 cm³/mol. The molecule has 6 heteroatoms. The van der Waals surface area contributed by atoms with Crippen LogP contribution in [-0.4, -0.2) is 41.0 Å². The number of hydrogen-bond acceptors (Lipinski definition) is 5. The molecule has 0 saturated carbocycles. The summed E-state index contributed by atoms with van der Waals surface area (Å²) >= 11 is 0. The molecule has 0 spiro atoms. The molecule has 86 valence electrons. The molecule has 0 radical (unpaired) electrons. The van der Waals surface area contributed by atoms with Crippen LogP contribution in [0.15, 0.2) is 18.3 Å². The average Bonchev–Trinajstić information content (AvgIpc) is 2.64. The van der Waals surface area contributed by atoms with Gasteiger partial charge in [-0.3, -0.25) is 10.1 Å². The van der Waals surface area contributed by atoms with Crippen LogP contribution in [0.1, 0.15) is 6.42 Å². The summed E-state index contributed by atoms with van der Waals surface area (Å²) in [5, 5.41) is 13.8. The number of pyridine rings is 1. The molecular weight excluding hydrogens is 208 g/mol. The summed E-state index contributed by atoms with van der Waals surface area (Å²) in [6.45, 7) is 2.00. The normalized spacial score (nSPS) is 20.9. The quantitative estimate of drug-likeness (QED) is 0.612. The number of rotatable bonds is 3. The molecule has 0 aliphatic carbocycles. The summed E-state index contributed by atoms with van der Waals surface area (Å²) in [5.41, 5.74) is 0.0730. The highest BCUT2D eigenvalue weighted by molar-refractivity contribution is 5.45. The first-order chi connectivity index (χ1) is 7.65. The minimum Gasteiger partial charge on any atom is -0.366 e. The maximum atomic E-state index is 10.6. The van der Waals surface area contributed by atoms with Crippen molar-refractivity contribution in [2.24, 2.45) is 0 Å². The highest BCUT2D eigenvalue weighted by atomic mass is 16.6. The Hall–Kier alpha value is -1.69. The molecule has 1 unspecified atom stereocenters. The van der Waals surface area contributed by atoms with Crippen LogP contribution in [-0.2, 0) is 0 Å². The fourth-order valence-corrected chi connectivity index (χ4v) is 1.87. The first-order valence-corrected chi connectivity index (χ1v) is 5.20. The second-order valence-corrected chi connectivity index (χ2v) is 4.05. The van der Waals surface area contributed by atoms with Crippen LogP contribution in [0.25, 0.3) is 0 Å². The Morgan fingerprint density at radius 2 is 2.50 bits per heavy atom. The monoisotopic (exact) mass is 222 g/mol. The standard InChI is InChI=1S/C10H14N4O2/c1-13-5-3-8(7-13)12-10-6-9(14(15)16)2-4-11-10/h2,4,6,8H,3,5,7H2,1H3,(H,11,12). The van der Waals surface area contributed by atoms with Gasteiger partial charge >= 0.3 is 0 Å². The van der Waals surface area contributed by atoms with Crippen LogP contribution in [0.4, 0.5) is 11.5 Å². The zero-order chi connectivity index (χ0) is 11.5. The van der Waals surface area contributed by atoms with Gasteiger partial charge in [-0.2, -0.15) is 0 Å². The summed E-state index contributed by atoms with van der Waals surface area (Å²) in [5.74, 6) is 0.578. The molecule has 6 nitrogen and oxygen atoms in total. The first kappa shape index (κ1) is 10.8. The molecule has 1 aliphatic heterocycles. The van der Waals surface area contributed by atoms with Crippen molar-refractivity contribution >= 4 is 11.5 Å². The Bertz CT molecular complexity index is 396. The van der Waals surface area contributed by atoms with Crippen molar-refractivity contribution in [3.63, 3.8) is 0 Å². The third kappa shape index (κ3) is 2.46. The van der Waals surface area contributed by atoms with Gasteiger partial charge in [-0.1, -0.05) is 0 Å². The number of likely N-dealkylation sites (tertiary alicyclic amines) is 1. The van der Waals surface area contributed by atoms with Crippen molar-refractivity contribution < 1.29 is 4.92 Å². The number of aromatic nitrogens is 1. The van der Waals surface area contributed by atoms with Gasteiger partial charge in [-0.05, 0) is 20.0 Å². The van der Waals surface area contributed by atoms with Crippen molar-refractivity contribution in [3.8, 4) is 0 Å². The molecular formula is C10H14N4O2. The Balaban J connectivity index is 2.04. The molecule has 1 aliphatic rings. The molecule has 1 N–H and O–H groups in total. The molecule has 2 heterocycles. The number of nitrogens with one attached hydrogen (secondary N) is 1. The summed E-state index contributed by atoms with van der Waals surface area (Å²) in [6.07, 6.45) is 2.50. The predicted octanol–water partition coefficient (Wildman–Crippen LogP) is 1.11. The molecule has 1 atom stereocenters. The van der Waals surface area contributed by atoms with E-state index in [0.717, 1.165) is 19.5 Å². The van der Waals surface area contributed by atoms with Crippen molar-refractivity contribution in [3.05, 3.63) is 28.4 Å². The van der Waals surface area contributed by atoms with E-state index in [0.29, 0.717) is 11.9 Å². The lowest BCUT2D eigenvalue weighted by atomic mass is 10.2. The van der Waals surface area contributed by atoms with Gasteiger partial charge in [-0.25, -0.2) is 4.98 Å². The fraction of sp³-hybridized carbons (Fsp3) is 0.500. The first-order valence-electron chi connectivity index (χ1n) is 5.20. The molecule has 1 saturated heterocycles. The van der Waals surface area contributed by atoms with E-state index in [-0.39, 0.29) is 5.69 Å². The number of likely N-dealkylation sites (N-methyl/N-ethyl adjacent to an activating group) is 1. The molecule has 0 amide bonds. The second kappa shape index (κ2) is 4.44. The zero-order valence-corrected chi connectivity index (χ0v) is 9.09. The van der Waals surface area contributed by atoms with E-state index in [1.54, 1.807) is 0 Å². The van der Waals surface area contributed by atoms with Gasteiger partial charge in [0.05, 0.1) is 11.0 Å². The lowest BCUT2D eigenvalue weighted by Gasteiger charge is -2.12. The van der Waals surface area contributed by atoms with Crippen LogP contribution in [0, 0.1) is 10.1 Å². The number of hydrogen-bond donors (Lipinski definition) is 1. The summed E-state index contributed by atoms with van der Waals surface area (Å²) < 4.78 is 0. The number of nitro groups is 1. The summed E-state index contributed by atoms with van der Waals surface area (Å²) in [4.78, 5) is 16.5. The van der Waals surface area contributed by atoms with E-state index in [9.17, 15) is 10.1 Å². The van der Waals surface area contributed by atoms with Crippen LogP contribution < -0.4 is 5.32 Å². The van der Waals surface area contributed by atoms with Crippen molar-refractivity contribution in [1.29, 1.82) is 0 Å². The zero-order valence-electron chi connectivity index (χ0n) is 9.09. The summed E-state index contributed by atoms with van der Waals surface area (Å²) in [6, 6.07) is 3.20. The topological polar surface area (TPSA) is 71.3 Å². The minimum absolute atomic E-state index is 0.0730. The van der Waals surface area contributed by atoms with E-state index < -0.39 is 4.92 Å². The lowest BCUT2D eigenvalue weighted by Crippen LogP contribution is -2.23. The third-order valence-corrected chi connectivity index (χ3v) is 2.70. The smallest absolute Gasteiger partial charge is 0.274 e. The number of nitrogens with zero attached hydrogens (tertiary/aromatic N) is 3. The third-order valence-electron chi connectivity index (χ3n) is 2.70. The van der Waals surface area contributed by atoms with Crippen LogP contribution >= 0.6 is 0 Å². The SMILES string of the molecule is CN1CCC(Nc2cc([N+](=O)[O-])ccn2)C1. The average molecular weight is 222 g/mol. The van der Waals surface area contributed by atoms with Gasteiger partial charge in [0.2, 0.25) is 0 Å². The molecule has 1 aromatic heterocycles. The van der Waals surface area contributed by atoms with E-state index in [2.05, 4.69) is 22.2 Å². The molecule has 16 heavy (non-hydrogen) atoms. The van der Waals surface area contributed by atoms with E-state index in [1.807, 2.05) is 0 Å².